The maximum absolute atomic E-state index is 5.62. The van der Waals surface area contributed by atoms with E-state index in [1.807, 2.05) is 19.1 Å². The highest BCUT2D eigenvalue weighted by atomic mass is 127. The van der Waals surface area contributed by atoms with Crippen LogP contribution < -0.4 is 5.73 Å². The van der Waals surface area contributed by atoms with Crippen molar-refractivity contribution in [2.75, 3.05) is 0 Å². The average Bonchev–Trinajstić information content (AvgIpc) is 1.88. The van der Waals surface area contributed by atoms with Crippen molar-refractivity contribution in [2.45, 2.75) is 13.0 Å². The molecule has 0 spiro atoms. The van der Waals surface area contributed by atoms with Crippen molar-refractivity contribution >= 4 is 22.6 Å². The van der Waals surface area contributed by atoms with Crippen LogP contribution in [0.5, 0.6) is 0 Å². The van der Waals surface area contributed by atoms with Crippen LogP contribution in [-0.4, -0.2) is 4.98 Å². The highest BCUT2D eigenvalue weighted by molar-refractivity contribution is 14.1. The van der Waals surface area contributed by atoms with Crippen molar-refractivity contribution in [2.24, 2.45) is 5.73 Å². The summed E-state index contributed by atoms with van der Waals surface area (Å²) in [4.78, 5) is 4.11. The topological polar surface area (TPSA) is 38.9 Å². The lowest BCUT2D eigenvalue weighted by atomic mass is 10.2. The van der Waals surface area contributed by atoms with Gasteiger partial charge in [-0.3, -0.25) is 4.98 Å². The Hall–Kier alpha value is -0.160. The van der Waals surface area contributed by atoms with Gasteiger partial charge >= 0.3 is 0 Å². The Balaban J connectivity index is 2.96. The van der Waals surface area contributed by atoms with Crippen molar-refractivity contribution in [3.05, 3.63) is 27.6 Å². The molecule has 1 unspecified atom stereocenters. The minimum atomic E-state index is 0.0368. The van der Waals surface area contributed by atoms with Gasteiger partial charge in [-0.25, -0.2) is 0 Å². The van der Waals surface area contributed by atoms with Crippen LogP contribution in [0.4, 0.5) is 0 Å². The van der Waals surface area contributed by atoms with Gasteiger partial charge in [-0.15, -0.1) is 0 Å². The van der Waals surface area contributed by atoms with Crippen molar-refractivity contribution in [3.63, 3.8) is 0 Å². The van der Waals surface area contributed by atoms with Gasteiger partial charge in [-0.1, -0.05) is 0 Å². The third-order valence-electron chi connectivity index (χ3n) is 1.21. The Morgan fingerprint density at radius 2 is 2.40 bits per heavy atom. The molecule has 0 saturated carbocycles. The first-order valence-electron chi connectivity index (χ1n) is 3.07. The third-order valence-corrected chi connectivity index (χ3v) is 1.88. The van der Waals surface area contributed by atoms with Crippen LogP contribution in [0.15, 0.2) is 18.3 Å². The fourth-order valence-corrected chi connectivity index (χ4v) is 1.15. The number of aromatic nitrogens is 1. The Kier molecular flexibility index (Phi) is 2.62. The van der Waals surface area contributed by atoms with Crippen molar-refractivity contribution in [3.8, 4) is 0 Å². The summed E-state index contributed by atoms with van der Waals surface area (Å²) in [7, 11) is 0. The van der Waals surface area contributed by atoms with Crippen LogP contribution in [0, 0.1) is 3.57 Å². The summed E-state index contributed by atoms with van der Waals surface area (Å²) < 4.78 is 1.18. The van der Waals surface area contributed by atoms with E-state index in [1.54, 1.807) is 6.20 Å². The van der Waals surface area contributed by atoms with Gasteiger partial charge in [0, 0.05) is 15.8 Å². The lowest BCUT2D eigenvalue weighted by Crippen LogP contribution is -2.06. The lowest BCUT2D eigenvalue weighted by molar-refractivity contribution is 0.780. The van der Waals surface area contributed by atoms with E-state index < -0.39 is 0 Å². The van der Waals surface area contributed by atoms with Crippen LogP contribution >= 0.6 is 22.6 Å². The number of pyridine rings is 1. The monoisotopic (exact) mass is 248 g/mol. The summed E-state index contributed by atoms with van der Waals surface area (Å²) in [6.45, 7) is 1.93. The van der Waals surface area contributed by atoms with Gasteiger partial charge in [0.1, 0.15) is 0 Å². The molecule has 0 aliphatic heterocycles. The molecule has 0 bridgehead atoms. The molecule has 0 radical (unpaired) electrons. The number of nitrogens with zero attached hydrogens (tertiary/aromatic N) is 1. The van der Waals surface area contributed by atoms with Gasteiger partial charge < -0.3 is 5.73 Å². The number of hydrogen-bond acceptors (Lipinski definition) is 2. The normalized spacial score (nSPS) is 13.1. The molecule has 2 N–H and O–H groups in total. The first-order valence-corrected chi connectivity index (χ1v) is 4.15. The maximum atomic E-state index is 5.62. The summed E-state index contributed by atoms with van der Waals surface area (Å²) in [5, 5.41) is 0. The predicted octanol–water partition coefficient (Wildman–Crippen LogP) is 1.71. The summed E-state index contributed by atoms with van der Waals surface area (Å²) in [5.74, 6) is 0. The molecule has 1 atom stereocenters. The Morgan fingerprint density at radius 3 is 2.80 bits per heavy atom. The number of nitrogens with two attached hydrogens (primary N) is 1. The fraction of sp³-hybridized carbons (Fsp3) is 0.286. The molecule has 2 nitrogen and oxygen atoms in total. The maximum Gasteiger partial charge on any atom is 0.0578 e. The van der Waals surface area contributed by atoms with E-state index in [0.29, 0.717) is 0 Å². The van der Waals surface area contributed by atoms with Crippen LogP contribution in [-0.2, 0) is 0 Å². The Bertz CT molecular complexity index is 223. The van der Waals surface area contributed by atoms with Gasteiger partial charge in [0.05, 0.1) is 5.69 Å². The molecule has 0 aromatic carbocycles. The molecule has 1 heterocycles. The van der Waals surface area contributed by atoms with Gasteiger partial charge in [0.15, 0.2) is 0 Å². The standard InChI is InChI=1S/C7H9IN2/c1-5(9)7-4-6(8)2-3-10-7/h2-5H,9H2,1H3. The summed E-state index contributed by atoms with van der Waals surface area (Å²) in [6, 6.07) is 3.98. The van der Waals surface area contributed by atoms with Gasteiger partial charge in [0.25, 0.3) is 0 Å². The number of rotatable bonds is 1. The van der Waals surface area contributed by atoms with Crippen molar-refractivity contribution in [1.29, 1.82) is 0 Å². The van der Waals surface area contributed by atoms with E-state index in [0.717, 1.165) is 5.69 Å². The van der Waals surface area contributed by atoms with Crippen LogP contribution in [0.25, 0.3) is 0 Å². The summed E-state index contributed by atoms with van der Waals surface area (Å²) in [5.41, 5.74) is 6.57. The van der Waals surface area contributed by atoms with E-state index >= 15 is 0 Å². The second-order valence-electron chi connectivity index (χ2n) is 2.19. The molecule has 1 aromatic heterocycles. The summed E-state index contributed by atoms with van der Waals surface area (Å²) in [6.07, 6.45) is 1.78. The predicted molar refractivity (Wildman–Crippen MR) is 49.6 cm³/mol. The highest BCUT2D eigenvalue weighted by Crippen LogP contribution is 2.09. The van der Waals surface area contributed by atoms with E-state index in [9.17, 15) is 0 Å². The first kappa shape index (κ1) is 7.94. The lowest BCUT2D eigenvalue weighted by Gasteiger charge is -2.02. The Labute approximate surface area is 74.0 Å². The molecular formula is C7H9IN2. The van der Waals surface area contributed by atoms with Crippen LogP contribution in [0.1, 0.15) is 18.7 Å². The molecule has 0 fully saturated rings. The van der Waals surface area contributed by atoms with Gasteiger partial charge in [-0.2, -0.15) is 0 Å². The molecular weight excluding hydrogens is 239 g/mol. The minimum Gasteiger partial charge on any atom is -0.323 e. The van der Waals surface area contributed by atoms with E-state index in [1.165, 1.54) is 3.57 Å². The van der Waals surface area contributed by atoms with Gasteiger partial charge in [-0.05, 0) is 41.6 Å². The zero-order valence-electron chi connectivity index (χ0n) is 5.71. The van der Waals surface area contributed by atoms with Crippen LogP contribution in [0.2, 0.25) is 0 Å². The third kappa shape index (κ3) is 1.91. The van der Waals surface area contributed by atoms with Crippen LogP contribution in [0.3, 0.4) is 0 Å². The van der Waals surface area contributed by atoms with Crippen molar-refractivity contribution < 1.29 is 0 Å². The van der Waals surface area contributed by atoms with Crippen molar-refractivity contribution in [1.82, 2.24) is 4.98 Å². The quantitative estimate of drug-likeness (QED) is 0.768. The molecule has 1 rings (SSSR count). The molecule has 10 heavy (non-hydrogen) atoms. The van der Waals surface area contributed by atoms with E-state index in [4.69, 9.17) is 5.73 Å². The molecule has 0 amide bonds. The molecule has 0 saturated heterocycles. The largest absolute Gasteiger partial charge is 0.323 e. The molecule has 3 heteroatoms. The molecule has 1 aromatic rings. The number of halogens is 1. The molecule has 54 valence electrons. The summed E-state index contributed by atoms with van der Waals surface area (Å²) >= 11 is 2.24. The SMILES string of the molecule is CC(N)c1cc(I)ccn1. The number of hydrogen-bond donors (Lipinski definition) is 1. The average molecular weight is 248 g/mol. The van der Waals surface area contributed by atoms with E-state index in [-0.39, 0.29) is 6.04 Å². The van der Waals surface area contributed by atoms with E-state index in [2.05, 4.69) is 27.6 Å². The second kappa shape index (κ2) is 3.30. The highest BCUT2D eigenvalue weighted by Gasteiger charge is 1.98. The smallest absolute Gasteiger partial charge is 0.0578 e. The fourth-order valence-electron chi connectivity index (χ4n) is 0.670. The first-order chi connectivity index (χ1) is 4.70. The Morgan fingerprint density at radius 1 is 1.70 bits per heavy atom. The minimum absolute atomic E-state index is 0.0368. The second-order valence-corrected chi connectivity index (χ2v) is 3.43. The van der Waals surface area contributed by atoms with Gasteiger partial charge in [0.2, 0.25) is 0 Å². The zero-order valence-corrected chi connectivity index (χ0v) is 7.87. The zero-order chi connectivity index (χ0) is 7.56. The molecule has 0 aliphatic carbocycles. The molecule has 0 aliphatic rings.